The Balaban J connectivity index is 2.26. The zero-order valence-corrected chi connectivity index (χ0v) is 15.8. The molecule has 0 aromatic carbocycles. The smallest absolute Gasteiger partial charge is 0.267 e. The molecule has 1 N–H and O–H groups in total. The molecule has 2 aromatic rings. The summed E-state index contributed by atoms with van der Waals surface area (Å²) in [5.41, 5.74) is 1.35. The first-order valence-corrected chi connectivity index (χ1v) is 9.07. The third-order valence-electron chi connectivity index (χ3n) is 5.03. The fraction of sp³-hybridized carbons (Fsp3) is 0.400. The molecule has 3 heterocycles. The van der Waals surface area contributed by atoms with Gasteiger partial charge in [-0.1, -0.05) is 13.0 Å². The second-order valence-corrected chi connectivity index (χ2v) is 6.96. The van der Waals surface area contributed by atoms with E-state index in [2.05, 4.69) is 17.1 Å². The molecule has 0 saturated carbocycles. The molecule has 0 radical (unpaired) electrons. The summed E-state index contributed by atoms with van der Waals surface area (Å²) in [4.78, 5) is 32.0. The van der Waals surface area contributed by atoms with Crippen LogP contribution >= 0.6 is 0 Å². The molecule has 7 heteroatoms. The van der Waals surface area contributed by atoms with Gasteiger partial charge in [0.05, 0.1) is 5.56 Å². The monoisotopic (exact) mass is 365 g/mol. The van der Waals surface area contributed by atoms with Gasteiger partial charge in [0.2, 0.25) is 0 Å². The molecule has 1 aliphatic heterocycles. The predicted octanol–water partition coefficient (Wildman–Crippen LogP) is 1.89. The van der Waals surface area contributed by atoms with Crippen LogP contribution in [0.15, 0.2) is 28.7 Å². The van der Waals surface area contributed by atoms with Crippen LogP contribution in [0.2, 0.25) is 0 Å². The number of carbonyl (C=O) groups excluding carboxylic acids is 1. The highest BCUT2D eigenvalue weighted by Crippen LogP contribution is 2.25. The summed E-state index contributed by atoms with van der Waals surface area (Å²) in [6.45, 7) is 5.70. The number of nitrogens with one attached hydrogen (secondary N) is 1. The number of aryl methyl sites for hydroxylation is 1. The van der Waals surface area contributed by atoms with Gasteiger partial charge in [0.1, 0.15) is 23.1 Å². The quantitative estimate of drug-likeness (QED) is 0.663. The van der Waals surface area contributed by atoms with Crippen molar-refractivity contribution < 1.29 is 4.79 Å². The van der Waals surface area contributed by atoms with Gasteiger partial charge in [0, 0.05) is 26.3 Å². The third-order valence-corrected chi connectivity index (χ3v) is 5.03. The van der Waals surface area contributed by atoms with Crippen LogP contribution in [-0.2, 0) is 4.79 Å². The minimum absolute atomic E-state index is 0.115. The molecular formula is C20H23N5O2. The van der Waals surface area contributed by atoms with Gasteiger partial charge in [-0.3, -0.25) is 14.0 Å². The number of piperidine rings is 1. The Bertz CT molecular complexity index is 1010. The van der Waals surface area contributed by atoms with Crippen molar-refractivity contribution in [1.29, 1.82) is 5.26 Å². The number of nitrogens with zero attached hydrogens (tertiary/aromatic N) is 4. The average molecular weight is 365 g/mol. The van der Waals surface area contributed by atoms with Crippen LogP contribution in [0.25, 0.3) is 11.7 Å². The van der Waals surface area contributed by atoms with Gasteiger partial charge in [-0.15, -0.1) is 0 Å². The Labute approximate surface area is 157 Å². The third kappa shape index (κ3) is 3.56. The number of likely N-dealkylation sites (N-methyl/N-ethyl adjacent to an activating group) is 1. The first-order chi connectivity index (χ1) is 13.0. The maximum atomic E-state index is 13.2. The molecule has 1 saturated heterocycles. The van der Waals surface area contributed by atoms with E-state index in [1.54, 1.807) is 12.3 Å². The van der Waals surface area contributed by atoms with Crippen LogP contribution in [0.4, 0.5) is 5.82 Å². The lowest BCUT2D eigenvalue weighted by molar-refractivity contribution is -0.116. The van der Waals surface area contributed by atoms with Crippen molar-refractivity contribution in [3.63, 3.8) is 0 Å². The van der Waals surface area contributed by atoms with Gasteiger partial charge in [0.25, 0.3) is 11.5 Å². The molecule has 1 amide bonds. The molecule has 27 heavy (non-hydrogen) atoms. The lowest BCUT2D eigenvalue weighted by Crippen LogP contribution is -2.36. The maximum Gasteiger partial charge on any atom is 0.267 e. The number of pyridine rings is 1. The molecule has 0 bridgehead atoms. The van der Waals surface area contributed by atoms with Crippen molar-refractivity contribution >= 4 is 23.4 Å². The molecule has 0 aliphatic carbocycles. The minimum Gasteiger partial charge on any atom is -0.356 e. The van der Waals surface area contributed by atoms with E-state index in [0.717, 1.165) is 31.5 Å². The fourth-order valence-electron chi connectivity index (χ4n) is 3.32. The number of carbonyl (C=O) groups is 1. The normalized spacial score (nSPS) is 15.6. The van der Waals surface area contributed by atoms with E-state index in [1.807, 2.05) is 19.1 Å². The number of nitriles is 1. The number of fused-ring (bicyclic) bond motifs is 1. The van der Waals surface area contributed by atoms with Crippen LogP contribution in [0.1, 0.15) is 30.9 Å². The molecule has 0 atom stereocenters. The first-order valence-electron chi connectivity index (χ1n) is 9.07. The summed E-state index contributed by atoms with van der Waals surface area (Å²) < 4.78 is 1.47. The number of aromatic nitrogens is 2. The molecule has 1 aliphatic rings. The van der Waals surface area contributed by atoms with Crippen LogP contribution in [0.3, 0.4) is 0 Å². The molecule has 7 nitrogen and oxygen atoms in total. The van der Waals surface area contributed by atoms with E-state index in [1.165, 1.54) is 17.5 Å². The van der Waals surface area contributed by atoms with E-state index in [9.17, 15) is 14.9 Å². The van der Waals surface area contributed by atoms with Crippen LogP contribution in [-0.4, -0.2) is 35.4 Å². The Kier molecular flexibility index (Phi) is 5.26. The van der Waals surface area contributed by atoms with E-state index >= 15 is 0 Å². The van der Waals surface area contributed by atoms with Gasteiger partial charge < -0.3 is 10.2 Å². The van der Waals surface area contributed by atoms with Crippen molar-refractivity contribution in [2.24, 2.45) is 5.92 Å². The summed E-state index contributed by atoms with van der Waals surface area (Å²) in [7, 11) is 1.45. The highest BCUT2D eigenvalue weighted by Gasteiger charge is 2.23. The van der Waals surface area contributed by atoms with E-state index in [0.29, 0.717) is 17.4 Å². The lowest BCUT2D eigenvalue weighted by atomic mass is 9.99. The summed E-state index contributed by atoms with van der Waals surface area (Å²) in [6.07, 6.45) is 5.04. The standard InChI is InChI=1S/C20H23N5O2/c1-13-6-9-24(10-7-13)18-16(11-15(12-21)19(26)22-3)20(27)25-8-4-5-14(2)17(25)23-18/h4-5,8,11,13H,6-7,9-10H2,1-3H3,(H,22,26)/b15-11+. The van der Waals surface area contributed by atoms with Crippen molar-refractivity contribution in [3.8, 4) is 6.07 Å². The van der Waals surface area contributed by atoms with Crippen LogP contribution in [0, 0.1) is 24.2 Å². The lowest BCUT2D eigenvalue weighted by Gasteiger charge is -2.32. The maximum absolute atomic E-state index is 13.2. The minimum atomic E-state index is -0.524. The zero-order valence-electron chi connectivity index (χ0n) is 15.8. The summed E-state index contributed by atoms with van der Waals surface area (Å²) in [5.74, 6) is 0.645. The largest absolute Gasteiger partial charge is 0.356 e. The van der Waals surface area contributed by atoms with Gasteiger partial charge in [-0.2, -0.15) is 5.26 Å². The van der Waals surface area contributed by atoms with Crippen molar-refractivity contribution in [2.45, 2.75) is 26.7 Å². The highest BCUT2D eigenvalue weighted by molar-refractivity contribution is 6.02. The van der Waals surface area contributed by atoms with Gasteiger partial charge in [-0.05, 0) is 43.4 Å². The Morgan fingerprint density at radius 1 is 1.41 bits per heavy atom. The number of anilines is 1. The van der Waals surface area contributed by atoms with Gasteiger partial charge >= 0.3 is 0 Å². The average Bonchev–Trinajstić information content (AvgIpc) is 2.68. The second kappa shape index (κ2) is 7.62. The van der Waals surface area contributed by atoms with Crippen molar-refractivity contribution in [1.82, 2.24) is 14.7 Å². The van der Waals surface area contributed by atoms with Crippen molar-refractivity contribution in [3.05, 3.63) is 45.4 Å². The van der Waals surface area contributed by atoms with E-state index in [4.69, 9.17) is 4.98 Å². The molecular weight excluding hydrogens is 342 g/mol. The van der Waals surface area contributed by atoms with E-state index < -0.39 is 5.91 Å². The number of hydrogen-bond acceptors (Lipinski definition) is 5. The second-order valence-electron chi connectivity index (χ2n) is 6.96. The number of rotatable bonds is 3. The fourth-order valence-corrected chi connectivity index (χ4v) is 3.32. The number of amides is 1. The zero-order chi connectivity index (χ0) is 19.6. The summed E-state index contributed by atoms with van der Waals surface area (Å²) >= 11 is 0. The van der Waals surface area contributed by atoms with Gasteiger partial charge in [0.15, 0.2) is 0 Å². The molecule has 3 rings (SSSR count). The molecule has 0 spiro atoms. The predicted molar refractivity (Wildman–Crippen MR) is 104 cm³/mol. The molecule has 0 unspecified atom stereocenters. The Hall–Kier alpha value is -3.14. The molecule has 1 fully saturated rings. The molecule has 140 valence electrons. The highest BCUT2D eigenvalue weighted by atomic mass is 16.1. The summed E-state index contributed by atoms with van der Waals surface area (Å²) in [5, 5.41) is 11.8. The molecule has 2 aromatic heterocycles. The van der Waals surface area contributed by atoms with E-state index in [-0.39, 0.29) is 16.7 Å². The number of hydrogen-bond donors (Lipinski definition) is 1. The SMILES string of the molecule is CNC(=O)/C(C#N)=C/c1c(N2CCC(C)CC2)nc2c(C)cccn2c1=O. The van der Waals surface area contributed by atoms with Gasteiger partial charge in [-0.25, -0.2) is 4.98 Å². The Morgan fingerprint density at radius 2 is 2.11 bits per heavy atom. The van der Waals surface area contributed by atoms with Crippen LogP contribution < -0.4 is 15.8 Å². The summed E-state index contributed by atoms with van der Waals surface area (Å²) in [6, 6.07) is 5.57. The Morgan fingerprint density at radius 3 is 2.74 bits per heavy atom. The van der Waals surface area contributed by atoms with Crippen LogP contribution in [0.5, 0.6) is 0 Å². The first kappa shape index (κ1) is 18.6. The topological polar surface area (TPSA) is 90.5 Å². The van der Waals surface area contributed by atoms with Crippen molar-refractivity contribution in [2.75, 3.05) is 25.0 Å².